The Kier molecular flexibility index (Phi) is 6.57. The molecule has 25 heavy (non-hydrogen) atoms. The summed E-state index contributed by atoms with van der Waals surface area (Å²) in [7, 11) is -3.10. The molecule has 2 unspecified atom stereocenters. The number of carbonyl (C=O) groups is 1. The highest BCUT2D eigenvalue weighted by Crippen LogP contribution is 2.40. The smallest absolute Gasteiger partial charge is 0.261 e. The summed E-state index contributed by atoms with van der Waals surface area (Å²) < 4.78 is 23.0. The molecule has 0 aromatic carbocycles. The molecule has 2 saturated carbocycles. The van der Waals surface area contributed by atoms with Gasteiger partial charge in [-0.15, -0.1) is 23.7 Å². The van der Waals surface area contributed by atoms with Gasteiger partial charge in [0, 0.05) is 23.2 Å². The van der Waals surface area contributed by atoms with E-state index in [0.717, 1.165) is 36.1 Å². The van der Waals surface area contributed by atoms with Crippen LogP contribution in [0.4, 0.5) is 0 Å². The lowest BCUT2D eigenvalue weighted by molar-refractivity contribution is 0.0759. The summed E-state index contributed by atoms with van der Waals surface area (Å²) in [6.07, 6.45) is 6.70. The molecule has 0 aliphatic heterocycles. The van der Waals surface area contributed by atoms with Crippen molar-refractivity contribution in [3.63, 3.8) is 0 Å². The van der Waals surface area contributed by atoms with Crippen molar-refractivity contribution in [2.75, 3.05) is 6.26 Å². The number of nitrogens with one attached hydrogen (secondary N) is 1. The second kappa shape index (κ2) is 7.94. The lowest BCUT2D eigenvalue weighted by Gasteiger charge is -2.45. The average Bonchev–Trinajstić information content (AvgIpc) is 2.79. The number of nitrogens with two attached hydrogens (primary N) is 1. The van der Waals surface area contributed by atoms with Crippen LogP contribution in [0.5, 0.6) is 0 Å². The number of hydrogen-bond donors (Lipinski definition) is 2. The number of rotatable bonds is 4. The van der Waals surface area contributed by atoms with Crippen LogP contribution >= 0.6 is 23.7 Å². The molecule has 1 heterocycles. The van der Waals surface area contributed by atoms with Gasteiger partial charge in [0.1, 0.15) is 0 Å². The maximum atomic E-state index is 12.7. The zero-order valence-corrected chi connectivity index (χ0v) is 17.1. The third kappa shape index (κ3) is 4.96. The first-order chi connectivity index (χ1) is 11.2. The molecule has 1 amide bonds. The fourth-order valence-corrected chi connectivity index (χ4v) is 6.21. The van der Waals surface area contributed by atoms with Gasteiger partial charge < -0.3 is 11.1 Å². The summed E-state index contributed by atoms with van der Waals surface area (Å²) >= 11 is 1.38. The van der Waals surface area contributed by atoms with Gasteiger partial charge in [0.05, 0.1) is 10.6 Å². The van der Waals surface area contributed by atoms with E-state index in [1.54, 1.807) is 6.07 Å². The van der Waals surface area contributed by atoms with E-state index in [1.165, 1.54) is 24.0 Å². The van der Waals surface area contributed by atoms with E-state index >= 15 is 0 Å². The molecular weight excluding hydrogens is 380 g/mol. The van der Waals surface area contributed by atoms with Crippen LogP contribution in [0.3, 0.4) is 0 Å². The number of sulfone groups is 1. The molecule has 1 aromatic rings. The van der Waals surface area contributed by atoms with Gasteiger partial charge in [0.2, 0.25) is 0 Å². The summed E-state index contributed by atoms with van der Waals surface area (Å²) in [5.41, 5.74) is 6.88. The predicted molar refractivity (Wildman–Crippen MR) is 104 cm³/mol. The Morgan fingerprint density at radius 1 is 1.32 bits per heavy atom. The molecule has 1 aromatic heterocycles. The quantitative estimate of drug-likeness (QED) is 0.804. The molecule has 3 N–H and O–H groups in total. The third-order valence-electron chi connectivity index (χ3n) is 5.34. The minimum absolute atomic E-state index is 0. The molecule has 5 nitrogen and oxygen atoms in total. The van der Waals surface area contributed by atoms with Gasteiger partial charge >= 0.3 is 0 Å². The van der Waals surface area contributed by atoms with Crippen LogP contribution in [0.1, 0.15) is 52.2 Å². The van der Waals surface area contributed by atoms with Gasteiger partial charge in [0.25, 0.3) is 5.91 Å². The van der Waals surface area contributed by atoms with E-state index in [-0.39, 0.29) is 36.2 Å². The molecule has 2 fully saturated rings. The number of halogens is 1. The summed E-state index contributed by atoms with van der Waals surface area (Å²) in [4.78, 5) is 14.2. The summed E-state index contributed by atoms with van der Waals surface area (Å²) in [6, 6.07) is 2.21. The van der Waals surface area contributed by atoms with Crippen LogP contribution in [0, 0.1) is 18.8 Å². The van der Waals surface area contributed by atoms with Crippen LogP contribution in [-0.2, 0) is 15.6 Å². The minimum atomic E-state index is -3.10. The standard InChI is InChI=1S/C17H26N2O3S2.ClH/c1-10-13(9-24(2,21)22)8-15(23-10)17(20)19-16-11-4-3-5-12(16)7-14(18)6-11;/h8,11-12,14,16H,3-7,9,18H2,1-2H3,(H,19,20);1H. The topological polar surface area (TPSA) is 89.3 Å². The van der Waals surface area contributed by atoms with E-state index in [4.69, 9.17) is 5.73 Å². The van der Waals surface area contributed by atoms with Gasteiger partial charge in [-0.3, -0.25) is 4.79 Å². The van der Waals surface area contributed by atoms with Crippen molar-refractivity contribution in [3.8, 4) is 0 Å². The lowest BCUT2D eigenvalue weighted by atomic mass is 9.67. The van der Waals surface area contributed by atoms with Gasteiger partial charge in [0.15, 0.2) is 9.84 Å². The van der Waals surface area contributed by atoms with Crippen LogP contribution in [0.2, 0.25) is 0 Å². The van der Waals surface area contributed by atoms with Crippen molar-refractivity contribution in [2.45, 2.75) is 56.9 Å². The molecule has 2 aliphatic rings. The van der Waals surface area contributed by atoms with E-state index in [1.807, 2.05) is 6.92 Å². The number of aryl methyl sites for hydroxylation is 1. The molecule has 3 rings (SSSR count). The van der Waals surface area contributed by atoms with E-state index in [0.29, 0.717) is 16.7 Å². The van der Waals surface area contributed by atoms with E-state index in [2.05, 4.69) is 5.32 Å². The summed E-state index contributed by atoms with van der Waals surface area (Å²) in [5.74, 6) is 0.882. The number of carbonyl (C=O) groups excluding carboxylic acids is 1. The normalized spacial score (nSPS) is 28.9. The Bertz CT molecular complexity index is 718. The Labute approximate surface area is 160 Å². The van der Waals surface area contributed by atoms with Crippen LogP contribution in [0.25, 0.3) is 0 Å². The van der Waals surface area contributed by atoms with Crippen molar-refractivity contribution < 1.29 is 13.2 Å². The Morgan fingerprint density at radius 3 is 2.48 bits per heavy atom. The highest BCUT2D eigenvalue weighted by atomic mass is 35.5. The largest absolute Gasteiger partial charge is 0.348 e. The third-order valence-corrected chi connectivity index (χ3v) is 7.26. The fourth-order valence-electron chi connectivity index (χ4n) is 4.30. The zero-order chi connectivity index (χ0) is 17.5. The van der Waals surface area contributed by atoms with E-state index < -0.39 is 9.84 Å². The van der Waals surface area contributed by atoms with Crippen molar-refractivity contribution in [1.29, 1.82) is 0 Å². The fraction of sp³-hybridized carbons (Fsp3) is 0.706. The highest BCUT2D eigenvalue weighted by Gasteiger charge is 2.40. The Hall–Kier alpha value is -0.630. The van der Waals surface area contributed by atoms with Crippen molar-refractivity contribution in [1.82, 2.24) is 5.32 Å². The Balaban J connectivity index is 0.00000225. The van der Waals surface area contributed by atoms with Gasteiger partial charge in [-0.1, -0.05) is 6.42 Å². The van der Waals surface area contributed by atoms with Crippen LogP contribution in [-0.4, -0.2) is 32.7 Å². The van der Waals surface area contributed by atoms with Crippen LogP contribution in [0.15, 0.2) is 6.07 Å². The molecule has 2 atom stereocenters. The maximum Gasteiger partial charge on any atom is 0.261 e. The second-order valence-electron chi connectivity index (χ2n) is 7.44. The summed E-state index contributed by atoms with van der Waals surface area (Å²) in [5, 5.41) is 3.23. The van der Waals surface area contributed by atoms with Gasteiger partial charge in [-0.25, -0.2) is 8.42 Å². The molecular formula is C17H27ClN2O3S2. The molecule has 142 valence electrons. The number of amides is 1. The van der Waals surface area contributed by atoms with Crippen molar-refractivity contribution in [2.24, 2.45) is 17.6 Å². The molecule has 2 bridgehead atoms. The van der Waals surface area contributed by atoms with Gasteiger partial charge in [-0.2, -0.15) is 0 Å². The number of thiophene rings is 1. The minimum Gasteiger partial charge on any atom is -0.348 e. The first-order valence-corrected chi connectivity index (χ1v) is 11.4. The van der Waals surface area contributed by atoms with Crippen molar-refractivity contribution >= 4 is 39.5 Å². The summed E-state index contributed by atoms with van der Waals surface area (Å²) in [6.45, 7) is 1.87. The number of fused-ring (bicyclic) bond motifs is 2. The van der Waals surface area contributed by atoms with Crippen LogP contribution < -0.4 is 11.1 Å². The molecule has 2 aliphatic carbocycles. The monoisotopic (exact) mass is 406 g/mol. The average molecular weight is 407 g/mol. The predicted octanol–water partition coefficient (Wildman–Crippen LogP) is 2.66. The number of hydrogen-bond acceptors (Lipinski definition) is 5. The SMILES string of the molecule is Cc1sc(C(=O)NC2C3CCCC2CC(N)C3)cc1CS(C)(=O)=O.Cl. The molecule has 0 saturated heterocycles. The zero-order valence-electron chi connectivity index (χ0n) is 14.7. The first kappa shape index (κ1) is 20.7. The van der Waals surface area contributed by atoms with Crippen molar-refractivity contribution in [3.05, 3.63) is 21.4 Å². The van der Waals surface area contributed by atoms with Gasteiger partial charge in [-0.05, 0) is 56.1 Å². The Morgan fingerprint density at radius 2 is 1.92 bits per heavy atom. The first-order valence-electron chi connectivity index (χ1n) is 8.56. The molecule has 0 radical (unpaired) electrons. The van der Waals surface area contributed by atoms with E-state index in [9.17, 15) is 13.2 Å². The lowest BCUT2D eigenvalue weighted by Crippen LogP contribution is -2.53. The second-order valence-corrected chi connectivity index (χ2v) is 10.8. The molecule has 8 heteroatoms. The highest BCUT2D eigenvalue weighted by molar-refractivity contribution is 7.89. The molecule has 0 spiro atoms. The maximum absolute atomic E-state index is 12.7.